The zero-order chi connectivity index (χ0) is 15.9. The molecule has 0 saturated carbocycles. The normalized spacial score (nSPS) is 10.6. The average molecular weight is 336 g/mol. The van der Waals surface area contributed by atoms with E-state index >= 15 is 0 Å². The lowest BCUT2D eigenvalue weighted by molar-refractivity contribution is 0.213. The molecule has 0 atom stereocenters. The van der Waals surface area contributed by atoms with Crippen LogP contribution in [0.15, 0.2) is 54.8 Å². The lowest BCUT2D eigenvalue weighted by Gasteiger charge is -2.12. The van der Waals surface area contributed by atoms with Gasteiger partial charge in [0.25, 0.3) is 0 Å². The summed E-state index contributed by atoms with van der Waals surface area (Å²) in [6, 6.07) is 15.4. The maximum atomic E-state index is 5.97. The molecule has 0 unspecified atom stereocenters. The third kappa shape index (κ3) is 5.06. The molecule has 0 fully saturated rings. The zero-order valence-corrected chi connectivity index (χ0v) is 14.2. The second-order valence-corrected chi connectivity index (χ2v) is 6.09. The minimum atomic E-state index is 0.637. The van der Waals surface area contributed by atoms with Gasteiger partial charge in [-0.25, -0.2) is 0 Å². The number of hydrogen-bond acceptors (Lipinski definition) is 2. The van der Waals surface area contributed by atoms with Crippen molar-refractivity contribution in [3.8, 4) is 0 Å². The molecule has 0 aromatic heterocycles. The van der Waals surface area contributed by atoms with E-state index in [1.165, 1.54) is 0 Å². The van der Waals surface area contributed by atoms with Gasteiger partial charge in [-0.2, -0.15) is 0 Å². The number of benzene rings is 2. The van der Waals surface area contributed by atoms with Crippen LogP contribution in [0.3, 0.4) is 0 Å². The van der Waals surface area contributed by atoms with E-state index in [9.17, 15) is 0 Å². The average Bonchev–Trinajstić information content (AvgIpc) is 2.50. The standard InChI is InChI=1S/C18H19Cl2NO/c1-21(2)11-12-22-13-18(14-3-7-16(19)8-4-14)15-5-9-17(20)10-6-15/h3-10,13H,11-12H2,1-2H3. The molecule has 22 heavy (non-hydrogen) atoms. The number of rotatable bonds is 6. The van der Waals surface area contributed by atoms with Gasteiger partial charge in [0.1, 0.15) is 0 Å². The van der Waals surface area contributed by atoms with Crippen molar-refractivity contribution >= 4 is 28.8 Å². The second kappa shape index (κ2) is 8.23. The topological polar surface area (TPSA) is 12.5 Å². The Labute approximate surface area is 141 Å². The Bertz CT molecular complexity index is 571. The van der Waals surface area contributed by atoms with Crippen molar-refractivity contribution in [3.05, 3.63) is 76.0 Å². The molecule has 0 aliphatic rings. The van der Waals surface area contributed by atoms with Gasteiger partial charge in [0.05, 0.1) is 12.9 Å². The van der Waals surface area contributed by atoms with Gasteiger partial charge in [0.15, 0.2) is 0 Å². The minimum Gasteiger partial charge on any atom is -0.499 e. The second-order valence-electron chi connectivity index (χ2n) is 5.22. The van der Waals surface area contributed by atoms with Gasteiger partial charge in [-0.05, 0) is 49.5 Å². The van der Waals surface area contributed by atoms with Crippen molar-refractivity contribution < 1.29 is 4.74 Å². The van der Waals surface area contributed by atoms with E-state index in [4.69, 9.17) is 27.9 Å². The Morgan fingerprint density at radius 1 is 0.909 bits per heavy atom. The molecule has 116 valence electrons. The lowest BCUT2D eigenvalue weighted by Crippen LogP contribution is -2.16. The largest absolute Gasteiger partial charge is 0.499 e. The Morgan fingerprint density at radius 3 is 1.77 bits per heavy atom. The van der Waals surface area contributed by atoms with E-state index in [1.807, 2.05) is 62.6 Å². The maximum Gasteiger partial charge on any atom is 0.1000 e. The van der Waals surface area contributed by atoms with E-state index in [2.05, 4.69) is 4.90 Å². The molecule has 2 aromatic rings. The summed E-state index contributed by atoms with van der Waals surface area (Å²) in [6.07, 6.45) is 1.80. The van der Waals surface area contributed by atoms with Crippen molar-refractivity contribution in [2.75, 3.05) is 27.2 Å². The first-order chi connectivity index (χ1) is 10.6. The first kappa shape index (κ1) is 16.9. The molecule has 0 saturated heterocycles. The monoisotopic (exact) mass is 335 g/mol. The summed E-state index contributed by atoms with van der Waals surface area (Å²) >= 11 is 11.9. The van der Waals surface area contributed by atoms with Crippen LogP contribution in [0.5, 0.6) is 0 Å². The third-order valence-corrected chi connectivity index (χ3v) is 3.67. The van der Waals surface area contributed by atoms with Gasteiger partial charge < -0.3 is 9.64 Å². The van der Waals surface area contributed by atoms with Crippen molar-refractivity contribution in [3.63, 3.8) is 0 Å². The number of hydrogen-bond donors (Lipinski definition) is 0. The number of ether oxygens (including phenoxy) is 1. The van der Waals surface area contributed by atoms with E-state index in [1.54, 1.807) is 6.26 Å². The predicted molar refractivity (Wildman–Crippen MR) is 94.5 cm³/mol. The van der Waals surface area contributed by atoms with Crippen molar-refractivity contribution in [2.24, 2.45) is 0 Å². The first-order valence-electron chi connectivity index (χ1n) is 7.04. The molecular weight excluding hydrogens is 317 g/mol. The van der Waals surface area contributed by atoms with Crippen LogP contribution in [-0.4, -0.2) is 32.1 Å². The summed E-state index contributed by atoms with van der Waals surface area (Å²) in [5, 5.41) is 1.43. The van der Waals surface area contributed by atoms with E-state index in [-0.39, 0.29) is 0 Å². The van der Waals surface area contributed by atoms with Gasteiger partial charge in [-0.15, -0.1) is 0 Å². The lowest BCUT2D eigenvalue weighted by atomic mass is 9.99. The summed E-state index contributed by atoms with van der Waals surface area (Å²) in [5.74, 6) is 0. The van der Waals surface area contributed by atoms with Gasteiger partial charge in [0, 0.05) is 22.2 Å². The van der Waals surface area contributed by atoms with Gasteiger partial charge in [0.2, 0.25) is 0 Å². The number of halogens is 2. The zero-order valence-electron chi connectivity index (χ0n) is 12.7. The van der Waals surface area contributed by atoms with Crippen LogP contribution in [0.2, 0.25) is 10.0 Å². The molecule has 0 N–H and O–H groups in total. The molecule has 0 spiro atoms. The van der Waals surface area contributed by atoms with Crippen LogP contribution < -0.4 is 0 Å². The molecule has 0 aliphatic heterocycles. The quantitative estimate of drug-likeness (QED) is 0.546. The number of nitrogens with zero attached hydrogens (tertiary/aromatic N) is 1. The van der Waals surface area contributed by atoms with Crippen LogP contribution in [-0.2, 0) is 4.74 Å². The Kier molecular flexibility index (Phi) is 6.32. The predicted octanol–water partition coefficient (Wildman–Crippen LogP) is 4.96. The van der Waals surface area contributed by atoms with E-state index in [0.717, 1.165) is 23.2 Å². The maximum absolute atomic E-state index is 5.97. The molecule has 4 heteroatoms. The Balaban J connectivity index is 2.25. The van der Waals surface area contributed by atoms with E-state index < -0.39 is 0 Å². The summed E-state index contributed by atoms with van der Waals surface area (Å²) in [7, 11) is 4.04. The molecule has 2 rings (SSSR count). The highest BCUT2D eigenvalue weighted by Crippen LogP contribution is 2.26. The Hall–Kier alpha value is -1.48. The van der Waals surface area contributed by atoms with Crippen LogP contribution in [0.25, 0.3) is 5.57 Å². The van der Waals surface area contributed by atoms with Gasteiger partial charge >= 0.3 is 0 Å². The highest BCUT2D eigenvalue weighted by atomic mass is 35.5. The summed E-state index contributed by atoms with van der Waals surface area (Å²) in [6.45, 7) is 1.50. The van der Waals surface area contributed by atoms with Crippen molar-refractivity contribution in [2.45, 2.75) is 0 Å². The van der Waals surface area contributed by atoms with Gasteiger partial charge in [-0.1, -0.05) is 47.5 Å². The summed E-state index contributed by atoms with van der Waals surface area (Å²) < 4.78 is 5.71. The molecule has 0 bridgehead atoms. The van der Waals surface area contributed by atoms with Crippen LogP contribution in [0.1, 0.15) is 11.1 Å². The van der Waals surface area contributed by atoms with E-state index in [0.29, 0.717) is 16.7 Å². The van der Waals surface area contributed by atoms with Gasteiger partial charge in [-0.3, -0.25) is 0 Å². The molecule has 0 heterocycles. The molecular formula is C18H19Cl2NO. The summed E-state index contributed by atoms with van der Waals surface area (Å²) in [4.78, 5) is 2.08. The Morgan fingerprint density at radius 2 is 1.36 bits per heavy atom. The molecule has 2 nitrogen and oxygen atoms in total. The van der Waals surface area contributed by atoms with Crippen LogP contribution in [0.4, 0.5) is 0 Å². The fourth-order valence-corrected chi connectivity index (χ4v) is 2.19. The number of likely N-dealkylation sites (N-methyl/N-ethyl adjacent to an activating group) is 1. The minimum absolute atomic E-state index is 0.637. The van der Waals surface area contributed by atoms with Crippen molar-refractivity contribution in [1.82, 2.24) is 4.90 Å². The highest BCUT2D eigenvalue weighted by molar-refractivity contribution is 6.31. The van der Waals surface area contributed by atoms with Crippen LogP contribution >= 0.6 is 23.2 Å². The first-order valence-corrected chi connectivity index (χ1v) is 7.80. The highest BCUT2D eigenvalue weighted by Gasteiger charge is 2.06. The van der Waals surface area contributed by atoms with Crippen LogP contribution in [0, 0.1) is 0 Å². The molecule has 0 radical (unpaired) electrons. The smallest absolute Gasteiger partial charge is 0.1000 e. The SMILES string of the molecule is CN(C)CCOC=C(c1ccc(Cl)cc1)c1ccc(Cl)cc1. The third-order valence-electron chi connectivity index (χ3n) is 3.17. The molecule has 2 aromatic carbocycles. The van der Waals surface area contributed by atoms with Crippen molar-refractivity contribution in [1.29, 1.82) is 0 Å². The fourth-order valence-electron chi connectivity index (χ4n) is 1.94. The summed E-state index contributed by atoms with van der Waals surface area (Å²) in [5.41, 5.74) is 3.11. The molecule has 0 aliphatic carbocycles. The molecule has 0 amide bonds. The fraction of sp³-hybridized carbons (Fsp3) is 0.222.